The third kappa shape index (κ3) is 6.14. The fourth-order valence-corrected chi connectivity index (χ4v) is 5.16. The van der Waals surface area contributed by atoms with Gasteiger partial charge in [0.2, 0.25) is 5.13 Å². The first-order valence-corrected chi connectivity index (χ1v) is 13.2. The molecule has 196 valence electrons. The van der Waals surface area contributed by atoms with Gasteiger partial charge in [-0.1, -0.05) is 36.8 Å². The van der Waals surface area contributed by atoms with Gasteiger partial charge in [0, 0.05) is 31.7 Å². The van der Waals surface area contributed by atoms with Crippen LogP contribution in [0.2, 0.25) is 0 Å². The summed E-state index contributed by atoms with van der Waals surface area (Å²) in [6, 6.07) is 9.92. The van der Waals surface area contributed by atoms with Crippen molar-refractivity contribution in [3.8, 4) is 16.3 Å². The highest BCUT2D eigenvalue weighted by Crippen LogP contribution is 2.34. The number of unbranched alkanes of at least 4 members (excludes halogenated alkanes) is 1. The number of carbonyl (C=O) groups is 2. The van der Waals surface area contributed by atoms with Gasteiger partial charge in [0.25, 0.3) is 5.91 Å². The summed E-state index contributed by atoms with van der Waals surface area (Å²) in [5, 5.41) is 18.7. The highest BCUT2D eigenvalue weighted by atomic mass is 32.1. The Bertz CT molecular complexity index is 1250. The molecule has 0 atom stereocenters. The molecule has 4 rings (SSSR count). The summed E-state index contributed by atoms with van der Waals surface area (Å²) in [7, 11) is 0. The first-order chi connectivity index (χ1) is 17.8. The van der Waals surface area contributed by atoms with Crippen molar-refractivity contribution in [1.29, 1.82) is 0 Å². The molecule has 0 unspecified atom stereocenters. The molecule has 2 heterocycles. The number of ether oxygens (including phenoxy) is 1. The van der Waals surface area contributed by atoms with Gasteiger partial charge < -0.3 is 9.84 Å². The number of anilines is 1. The largest absolute Gasteiger partial charge is 0.492 e. The van der Waals surface area contributed by atoms with Gasteiger partial charge in [-0.25, -0.2) is 4.39 Å². The number of carboxylic acid groups (broad SMARTS) is 1. The molecule has 1 fully saturated rings. The van der Waals surface area contributed by atoms with Gasteiger partial charge in [-0.2, -0.15) is 0 Å². The van der Waals surface area contributed by atoms with E-state index in [4.69, 9.17) is 9.84 Å². The Balaban J connectivity index is 1.47. The summed E-state index contributed by atoms with van der Waals surface area (Å²) in [6.07, 6.45) is 1.64. The molecule has 0 bridgehead atoms. The molecule has 1 saturated heterocycles. The van der Waals surface area contributed by atoms with E-state index >= 15 is 0 Å². The van der Waals surface area contributed by atoms with Crippen LogP contribution in [0, 0.1) is 25.6 Å². The molecule has 1 aliphatic rings. The van der Waals surface area contributed by atoms with Crippen molar-refractivity contribution in [2.24, 2.45) is 5.92 Å². The Labute approximate surface area is 219 Å². The van der Waals surface area contributed by atoms with E-state index in [1.807, 2.05) is 32.9 Å². The third-order valence-electron chi connectivity index (χ3n) is 6.40. The van der Waals surface area contributed by atoms with E-state index in [2.05, 4.69) is 15.1 Å². The van der Waals surface area contributed by atoms with E-state index in [1.54, 1.807) is 12.1 Å². The topological polar surface area (TPSA) is 95.9 Å². The minimum atomic E-state index is -0.746. The Hall–Kier alpha value is -3.37. The van der Waals surface area contributed by atoms with Crippen LogP contribution in [-0.2, 0) is 4.79 Å². The van der Waals surface area contributed by atoms with Crippen LogP contribution < -0.4 is 9.64 Å². The Kier molecular flexibility index (Phi) is 8.50. The number of benzene rings is 2. The van der Waals surface area contributed by atoms with Gasteiger partial charge in [-0.15, -0.1) is 10.2 Å². The maximum Gasteiger partial charge on any atom is 0.309 e. The lowest BCUT2D eigenvalue weighted by atomic mass is 10.0. The molecule has 1 aliphatic heterocycles. The first-order valence-electron chi connectivity index (χ1n) is 12.4. The summed E-state index contributed by atoms with van der Waals surface area (Å²) >= 11 is 1.30. The zero-order chi connectivity index (χ0) is 26.5. The molecule has 0 aliphatic carbocycles. The van der Waals surface area contributed by atoms with Crippen LogP contribution >= 0.6 is 11.3 Å². The summed E-state index contributed by atoms with van der Waals surface area (Å²) in [6.45, 7) is 8.65. The van der Waals surface area contributed by atoms with Gasteiger partial charge in [-0.3, -0.25) is 19.4 Å². The number of aryl methyl sites for hydroxylation is 2. The number of amides is 1. The second kappa shape index (κ2) is 11.8. The zero-order valence-electron chi connectivity index (χ0n) is 21.2. The fraction of sp³-hybridized carbons (Fsp3) is 0.407. The quantitative estimate of drug-likeness (QED) is 0.383. The SMILES string of the molecule is CCCCN(C(=O)c1ccccc1F)c1nnc(-c2cc(C)c(OCCN3CC(C(=O)O)C3)c(C)c2)s1. The van der Waals surface area contributed by atoms with Crippen LogP contribution in [-0.4, -0.2) is 64.9 Å². The van der Waals surface area contributed by atoms with Crippen molar-refractivity contribution < 1.29 is 23.8 Å². The minimum Gasteiger partial charge on any atom is -0.492 e. The van der Waals surface area contributed by atoms with Crippen molar-refractivity contribution in [3.63, 3.8) is 0 Å². The van der Waals surface area contributed by atoms with Gasteiger partial charge in [0.05, 0.1) is 11.5 Å². The van der Waals surface area contributed by atoms with Crippen molar-refractivity contribution in [3.05, 3.63) is 58.9 Å². The second-order valence-corrected chi connectivity index (χ2v) is 10.2. The number of aromatic nitrogens is 2. The smallest absolute Gasteiger partial charge is 0.309 e. The van der Waals surface area contributed by atoms with Crippen molar-refractivity contribution in [2.75, 3.05) is 37.7 Å². The molecule has 0 radical (unpaired) electrons. The summed E-state index contributed by atoms with van der Waals surface area (Å²) < 4.78 is 20.4. The van der Waals surface area contributed by atoms with E-state index in [1.165, 1.54) is 28.4 Å². The van der Waals surface area contributed by atoms with Crippen molar-refractivity contribution in [1.82, 2.24) is 15.1 Å². The normalized spacial score (nSPS) is 13.8. The number of carbonyl (C=O) groups excluding carboxylic acids is 1. The molecule has 3 aromatic rings. The Morgan fingerprint density at radius 2 is 1.89 bits per heavy atom. The zero-order valence-corrected chi connectivity index (χ0v) is 22.1. The molecule has 0 spiro atoms. The highest BCUT2D eigenvalue weighted by molar-refractivity contribution is 7.18. The number of rotatable bonds is 11. The van der Waals surface area contributed by atoms with Crippen LogP contribution in [0.4, 0.5) is 9.52 Å². The van der Waals surface area contributed by atoms with E-state index in [0.29, 0.717) is 42.9 Å². The number of halogens is 1. The standard InChI is InChI=1S/C27H31FN4O4S/c1-4-5-10-32(25(33)21-8-6-7-9-22(21)28)27-30-29-24(37-27)19-13-17(2)23(18(3)14-19)36-12-11-31-15-20(16-31)26(34)35/h6-9,13-14,20H,4-5,10-12,15-16H2,1-3H3,(H,34,35). The molecule has 37 heavy (non-hydrogen) atoms. The minimum absolute atomic E-state index is 0.0141. The van der Waals surface area contributed by atoms with Crippen LogP contribution in [0.3, 0.4) is 0 Å². The molecule has 1 amide bonds. The lowest BCUT2D eigenvalue weighted by Crippen LogP contribution is -2.51. The first kappa shape index (κ1) is 26.7. The van der Waals surface area contributed by atoms with Crippen LogP contribution in [0.15, 0.2) is 36.4 Å². The van der Waals surface area contributed by atoms with E-state index in [0.717, 1.165) is 35.3 Å². The predicted octanol–water partition coefficient (Wildman–Crippen LogP) is 4.80. The van der Waals surface area contributed by atoms with Crippen LogP contribution in [0.1, 0.15) is 41.3 Å². The maximum atomic E-state index is 14.3. The fourth-order valence-electron chi connectivity index (χ4n) is 4.31. The maximum absolute atomic E-state index is 14.3. The molecule has 8 nitrogen and oxygen atoms in total. The monoisotopic (exact) mass is 526 g/mol. The number of likely N-dealkylation sites (tertiary alicyclic amines) is 1. The van der Waals surface area contributed by atoms with E-state index in [9.17, 15) is 14.0 Å². The van der Waals surface area contributed by atoms with Crippen molar-refractivity contribution >= 4 is 28.3 Å². The molecule has 10 heteroatoms. The molecular weight excluding hydrogens is 495 g/mol. The molecule has 1 N–H and O–H groups in total. The Morgan fingerprint density at radius 3 is 2.54 bits per heavy atom. The third-order valence-corrected chi connectivity index (χ3v) is 7.39. The number of hydrogen-bond acceptors (Lipinski definition) is 7. The van der Waals surface area contributed by atoms with Gasteiger partial charge >= 0.3 is 5.97 Å². The molecular formula is C27H31FN4O4S. The highest BCUT2D eigenvalue weighted by Gasteiger charge is 2.32. The van der Waals surface area contributed by atoms with E-state index in [-0.39, 0.29) is 11.5 Å². The van der Waals surface area contributed by atoms with E-state index < -0.39 is 17.7 Å². The average Bonchev–Trinajstić information content (AvgIpc) is 3.32. The average molecular weight is 527 g/mol. The van der Waals surface area contributed by atoms with Gasteiger partial charge in [0.1, 0.15) is 23.2 Å². The van der Waals surface area contributed by atoms with Gasteiger partial charge in [0.15, 0.2) is 0 Å². The summed E-state index contributed by atoms with van der Waals surface area (Å²) in [5.74, 6) is -1.22. The number of aliphatic carboxylic acids is 1. The lowest BCUT2D eigenvalue weighted by Gasteiger charge is -2.36. The molecule has 2 aromatic carbocycles. The number of carboxylic acids is 1. The molecule has 0 saturated carbocycles. The lowest BCUT2D eigenvalue weighted by molar-refractivity contribution is -0.147. The van der Waals surface area contributed by atoms with Crippen LogP contribution in [0.5, 0.6) is 5.75 Å². The number of nitrogens with zero attached hydrogens (tertiary/aromatic N) is 4. The summed E-state index contributed by atoms with van der Waals surface area (Å²) in [5.41, 5.74) is 2.78. The Morgan fingerprint density at radius 1 is 1.19 bits per heavy atom. The van der Waals surface area contributed by atoms with Gasteiger partial charge in [-0.05, 0) is 55.7 Å². The second-order valence-electron chi connectivity index (χ2n) is 9.26. The number of hydrogen-bond donors (Lipinski definition) is 1. The predicted molar refractivity (Wildman–Crippen MR) is 141 cm³/mol. The van der Waals surface area contributed by atoms with Crippen molar-refractivity contribution in [2.45, 2.75) is 33.6 Å². The summed E-state index contributed by atoms with van der Waals surface area (Å²) in [4.78, 5) is 27.7. The molecule has 1 aromatic heterocycles. The van der Waals surface area contributed by atoms with Crippen LogP contribution in [0.25, 0.3) is 10.6 Å².